The van der Waals surface area contributed by atoms with E-state index in [0.29, 0.717) is 18.4 Å². The lowest BCUT2D eigenvalue weighted by atomic mass is 9.97. The SMILES string of the molecule is C[C@@H](Nc1nc(Cl)nc(C2=CC(O)CCC2)n1)C(F)(F)F. The third-order valence-electron chi connectivity index (χ3n) is 3.07. The minimum absolute atomic E-state index is 0.186. The van der Waals surface area contributed by atoms with Crippen molar-refractivity contribution in [1.29, 1.82) is 0 Å². The van der Waals surface area contributed by atoms with Crippen LogP contribution < -0.4 is 5.32 Å². The predicted molar refractivity (Wildman–Crippen MR) is 71.8 cm³/mol. The molecule has 0 aliphatic heterocycles. The minimum atomic E-state index is -4.42. The number of anilines is 1. The molecule has 0 saturated carbocycles. The largest absolute Gasteiger partial charge is 0.408 e. The summed E-state index contributed by atoms with van der Waals surface area (Å²) in [5.41, 5.74) is 0.653. The smallest absolute Gasteiger partial charge is 0.389 e. The van der Waals surface area contributed by atoms with E-state index in [4.69, 9.17) is 11.6 Å². The van der Waals surface area contributed by atoms with Crippen LogP contribution in [0.25, 0.3) is 5.57 Å². The van der Waals surface area contributed by atoms with Crippen LogP contribution in [0, 0.1) is 0 Å². The van der Waals surface area contributed by atoms with E-state index < -0.39 is 18.3 Å². The number of aromatic nitrogens is 3. The molecule has 1 heterocycles. The average Bonchev–Trinajstić information content (AvgIpc) is 2.37. The van der Waals surface area contributed by atoms with Crippen LogP contribution in [-0.2, 0) is 0 Å². The quantitative estimate of drug-likeness (QED) is 0.895. The van der Waals surface area contributed by atoms with Crippen LogP contribution in [0.3, 0.4) is 0 Å². The Kier molecular flexibility index (Phi) is 4.67. The number of aliphatic hydroxyl groups is 1. The van der Waals surface area contributed by atoms with E-state index in [1.54, 1.807) is 6.08 Å². The highest BCUT2D eigenvalue weighted by atomic mass is 35.5. The summed E-state index contributed by atoms with van der Waals surface area (Å²) in [6.07, 6.45) is -1.41. The first kappa shape index (κ1) is 16.0. The second-order valence-corrected chi connectivity index (χ2v) is 5.15. The highest BCUT2D eigenvalue weighted by Gasteiger charge is 2.36. The number of hydrogen-bond donors (Lipinski definition) is 2. The van der Waals surface area contributed by atoms with Gasteiger partial charge in [-0.25, -0.2) is 0 Å². The molecule has 2 N–H and O–H groups in total. The first-order valence-corrected chi connectivity index (χ1v) is 6.77. The monoisotopic (exact) mass is 322 g/mol. The molecule has 0 saturated heterocycles. The Bertz CT molecular complexity index is 550. The Hall–Kier alpha value is -1.41. The summed E-state index contributed by atoms with van der Waals surface area (Å²) in [7, 11) is 0. The minimum Gasteiger partial charge on any atom is -0.389 e. The van der Waals surface area contributed by atoms with E-state index in [9.17, 15) is 18.3 Å². The molecule has 9 heteroatoms. The molecular formula is C12H14ClF3N4O. The van der Waals surface area contributed by atoms with Crippen LogP contribution in [0.2, 0.25) is 5.28 Å². The van der Waals surface area contributed by atoms with Crippen molar-refractivity contribution in [3.05, 3.63) is 17.2 Å². The molecule has 1 aromatic rings. The molecule has 0 spiro atoms. The lowest BCUT2D eigenvalue weighted by Gasteiger charge is -2.19. The second-order valence-electron chi connectivity index (χ2n) is 4.81. The topological polar surface area (TPSA) is 70.9 Å². The third kappa shape index (κ3) is 4.28. The van der Waals surface area contributed by atoms with Gasteiger partial charge in [0.15, 0.2) is 5.82 Å². The van der Waals surface area contributed by atoms with Crippen molar-refractivity contribution in [3.8, 4) is 0 Å². The van der Waals surface area contributed by atoms with Crippen LogP contribution in [0.4, 0.5) is 19.1 Å². The van der Waals surface area contributed by atoms with Crippen molar-refractivity contribution in [3.63, 3.8) is 0 Å². The van der Waals surface area contributed by atoms with Crippen LogP contribution in [-0.4, -0.2) is 38.4 Å². The lowest BCUT2D eigenvalue weighted by molar-refractivity contribution is -0.138. The van der Waals surface area contributed by atoms with Crippen molar-refractivity contribution in [2.75, 3.05) is 5.32 Å². The zero-order chi connectivity index (χ0) is 15.6. The van der Waals surface area contributed by atoms with E-state index >= 15 is 0 Å². The number of hydrogen-bond acceptors (Lipinski definition) is 5. The number of halogens is 4. The maximum atomic E-state index is 12.5. The molecule has 2 rings (SSSR count). The van der Waals surface area contributed by atoms with E-state index in [-0.39, 0.29) is 17.1 Å². The summed E-state index contributed by atoms with van der Waals surface area (Å²) < 4.78 is 37.6. The summed E-state index contributed by atoms with van der Waals surface area (Å²) in [6.45, 7) is 0.959. The first-order chi connectivity index (χ1) is 9.75. The van der Waals surface area contributed by atoms with E-state index in [1.807, 2.05) is 0 Å². The van der Waals surface area contributed by atoms with E-state index in [1.165, 1.54) is 0 Å². The Balaban J connectivity index is 2.25. The molecule has 0 amide bonds. The summed E-state index contributed by atoms with van der Waals surface area (Å²) in [5.74, 6) is -0.0542. The molecule has 0 bridgehead atoms. The van der Waals surface area contributed by atoms with Crippen LogP contribution in [0.15, 0.2) is 6.08 Å². The number of rotatable bonds is 3. The Morgan fingerprint density at radius 1 is 1.38 bits per heavy atom. The zero-order valence-electron chi connectivity index (χ0n) is 11.2. The van der Waals surface area contributed by atoms with Gasteiger partial charge in [0, 0.05) is 0 Å². The van der Waals surface area contributed by atoms with Gasteiger partial charge in [0.2, 0.25) is 11.2 Å². The fourth-order valence-corrected chi connectivity index (χ4v) is 2.08. The summed E-state index contributed by atoms with van der Waals surface area (Å²) in [6, 6.07) is -1.81. The second kappa shape index (κ2) is 6.15. The van der Waals surface area contributed by atoms with Crippen LogP contribution in [0.1, 0.15) is 32.0 Å². The number of nitrogens with zero attached hydrogens (tertiary/aromatic N) is 3. The number of allylic oxidation sites excluding steroid dienone is 1. The van der Waals surface area contributed by atoms with E-state index in [0.717, 1.165) is 13.3 Å². The summed E-state index contributed by atoms with van der Waals surface area (Å²) in [4.78, 5) is 11.5. The van der Waals surface area contributed by atoms with Gasteiger partial charge >= 0.3 is 6.18 Å². The normalized spacial score (nSPS) is 20.9. The van der Waals surface area contributed by atoms with Gasteiger partial charge in [-0.15, -0.1) is 0 Å². The fraction of sp³-hybridized carbons (Fsp3) is 0.583. The average molecular weight is 323 g/mol. The van der Waals surface area contributed by atoms with Gasteiger partial charge in [-0.05, 0) is 49.4 Å². The van der Waals surface area contributed by atoms with Crippen molar-refractivity contribution in [1.82, 2.24) is 15.0 Å². The van der Waals surface area contributed by atoms with Gasteiger partial charge in [0.25, 0.3) is 0 Å². The molecule has 1 unspecified atom stereocenters. The Labute approximate surface area is 124 Å². The maximum absolute atomic E-state index is 12.5. The number of alkyl halides is 3. The fourth-order valence-electron chi connectivity index (χ4n) is 1.92. The first-order valence-electron chi connectivity index (χ1n) is 6.39. The van der Waals surface area contributed by atoms with Crippen LogP contribution >= 0.6 is 11.6 Å². The molecule has 0 aromatic carbocycles. The molecular weight excluding hydrogens is 309 g/mol. The molecule has 2 atom stereocenters. The van der Waals surface area contributed by atoms with Crippen molar-refractivity contribution < 1.29 is 18.3 Å². The van der Waals surface area contributed by atoms with E-state index in [2.05, 4.69) is 20.3 Å². The van der Waals surface area contributed by atoms with Crippen LogP contribution in [0.5, 0.6) is 0 Å². The zero-order valence-corrected chi connectivity index (χ0v) is 11.9. The molecule has 1 aliphatic rings. The number of nitrogens with one attached hydrogen (secondary N) is 1. The third-order valence-corrected chi connectivity index (χ3v) is 3.24. The molecule has 21 heavy (non-hydrogen) atoms. The van der Waals surface area contributed by atoms with Gasteiger partial charge in [-0.3, -0.25) is 0 Å². The highest BCUT2D eigenvalue weighted by molar-refractivity contribution is 6.28. The standard InChI is InChI=1S/C12H14ClF3N4O/c1-6(12(14,15)16)17-11-19-9(18-10(13)20-11)7-3-2-4-8(21)5-7/h5-6,8,21H,2-4H2,1H3,(H,17,18,19,20)/t6-,8?/m1/s1. The summed E-state index contributed by atoms with van der Waals surface area (Å²) >= 11 is 5.73. The van der Waals surface area contributed by atoms with Crippen molar-refractivity contribution >= 4 is 23.1 Å². The van der Waals surface area contributed by atoms with Crippen molar-refractivity contribution in [2.45, 2.75) is 44.5 Å². The maximum Gasteiger partial charge on any atom is 0.408 e. The predicted octanol–water partition coefficient (Wildman–Crippen LogP) is 2.82. The Morgan fingerprint density at radius 2 is 2.10 bits per heavy atom. The van der Waals surface area contributed by atoms with Gasteiger partial charge < -0.3 is 10.4 Å². The molecule has 1 aliphatic carbocycles. The summed E-state index contributed by atoms with van der Waals surface area (Å²) in [5, 5.41) is 11.5. The van der Waals surface area contributed by atoms with Gasteiger partial charge in [0.1, 0.15) is 6.04 Å². The number of aliphatic hydroxyl groups excluding tert-OH is 1. The Morgan fingerprint density at radius 3 is 2.71 bits per heavy atom. The van der Waals surface area contributed by atoms with Crippen molar-refractivity contribution in [2.24, 2.45) is 0 Å². The van der Waals surface area contributed by atoms with Gasteiger partial charge in [-0.1, -0.05) is 0 Å². The molecule has 116 valence electrons. The van der Waals surface area contributed by atoms with Gasteiger partial charge in [0.05, 0.1) is 6.10 Å². The lowest BCUT2D eigenvalue weighted by Crippen LogP contribution is -2.34. The van der Waals surface area contributed by atoms with Gasteiger partial charge in [-0.2, -0.15) is 28.1 Å². The highest BCUT2D eigenvalue weighted by Crippen LogP contribution is 2.27. The molecule has 0 fully saturated rings. The molecule has 5 nitrogen and oxygen atoms in total. The molecule has 1 aromatic heterocycles. The molecule has 0 radical (unpaired) electrons.